The fourth-order valence-electron chi connectivity index (χ4n) is 2.43. The third-order valence-corrected chi connectivity index (χ3v) is 3.51. The summed E-state index contributed by atoms with van der Waals surface area (Å²) in [7, 11) is 0. The van der Waals surface area contributed by atoms with Crippen LogP contribution in [-0.4, -0.2) is 38.5 Å². The molecule has 2 heterocycles. The molecule has 1 aromatic carbocycles. The van der Waals surface area contributed by atoms with Crippen LogP contribution < -0.4 is 20.1 Å². The van der Waals surface area contributed by atoms with Crippen LogP contribution in [0.4, 0.5) is 4.39 Å². The van der Waals surface area contributed by atoms with Gasteiger partial charge in [-0.15, -0.1) is 0 Å². The zero-order valence-corrected chi connectivity index (χ0v) is 10.8. The van der Waals surface area contributed by atoms with Crippen LogP contribution in [0.15, 0.2) is 18.2 Å². The van der Waals surface area contributed by atoms with Crippen molar-refractivity contribution in [2.75, 3.05) is 26.3 Å². The Morgan fingerprint density at radius 1 is 1.26 bits per heavy atom. The van der Waals surface area contributed by atoms with Crippen LogP contribution in [0.1, 0.15) is 12.0 Å². The molecule has 1 radical (unpaired) electrons. The highest BCUT2D eigenvalue weighted by Crippen LogP contribution is 2.30. The van der Waals surface area contributed by atoms with E-state index in [0.717, 1.165) is 30.0 Å². The third kappa shape index (κ3) is 2.98. The van der Waals surface area contributed by atoms with E-state index in [0.29, 0.717) is 26.3 Å². The summed E-state index contributed by atoms with van der Waals surface area (Å²) in [6.45, 7) is 2.89. The molecule has 19 heavy (non-hydrogen) atoms. The van der Waals surface area contributed by atoms with E-state index >= 15 is 0 Å². The minimum atomic E-state index is -0.869. The summed E-state index contributed by atoms with van der Waals surface area (Å²) in [4.78, 5) is 0. The Morgan fingerprint density at radius 3 is 2.95 bits per heavy atom. The molecule has 0 aliphatic carbocycles. The van der Waals surface area contributed by atoms with Crippen LogP contribution in [-0.2, 0) is 6.54 Å². The lowest BCUT2D eigenvalue weighted by molar-refractivity contribution is 0.171. The van der Waals surface area contributed by atoms with Gasteiger partial charge in [-0.2, -0.15) is 0 Å². The third-order valence-electron chi connectivity index (χ3n) is 3.51. The molecule has 1 unspecified atom stereocenters. The maximum absolute atomic E-state index is 13.6. The number of alkyl halides is 1. The second-order valence-corrected chi connectivity index (χ2v) is 4.90. The second kappa shape index (κ2) is 5.75. The number of hydrogen-bond donors (Lipinski definition) is 1. The van der Waals surface area contributed by atoms with E-state index in [9.17, 15) is 4.39 Å². The van der Waals surface area contributed by atoms with E-state index in [1.807, 2.05) is 18.2 Å². The number of piperidine rings is 1. The van der Waals surface area contributed by atoms with Crippen molar-refractivity contribution in [3.63, 3.8) is 0 Å². The molecule has 5 heteroatoms. The van der Waals surface area contributed by atoms with Crippen LogP contribution in [0.5, 0.6) is 11.5 Å². The first-order valence-electron chi connectivity index (χ1n) is 6.72. The summed E-state index contributed by atoms with van der Waals surface area (Å²) < 4.78 is 24.6. The van der Waals surface area contributed by atoms with Crippen molar-refractivity contribution in [1.82, 2.24) is 10.6 Å². The zero-order valence-electron chi connectivity index (χ0n) is 10.8. The van der Waals surface area contributed by atoms with Gasteiger partial charge in [0.1, 0.15) is 19.4 Å². The number of nitrogens with one attached hydrogen (secondary N) is 1. The van der Waals surface area contributed by atoms with Crippen LogP contribution >= 0.6 is 0 Å². The number of benzene rings is 1. The van der Waals surface area contributed by atoms with Crippen LogP contribution in [0, 0.1) is 0 Å². The van der Waals surface area contributed by atoms with E-state index < -0.39 is 6.17 Å². The molecule has 0 bridgehead atoms. The highest BCUT2D eigenvalue weighted by molar-refractivity contribution is 5.43. The molecule has 0 aromatic heterocycles. The van der Waals surface area contributed by atoms with Crippen molar-refractivity contribution >= 4 is 0 Å². The molecule has 103 valence electrons. The van der Waals surface area contributed by atoms with E-state index in [2.05, 4.69) is 10.6 Å². The summed E-state index contributed by atoms with van der Waals surface area (Å²) >= 11 is 0. The van der Waals surface area contributed by atoms with Gasteiger partial charge < -0.3 is 14.8 Å². The van der Waals surface area contributed by atoms with Gasteiger partial charge in [-0.1, -0.05) is 6.07 Å². The lowest BCUT2D eigenvalue weighted by Gasteiger charge is -2.27. The molecule has 1 aromatic rings. The van der Waals surface area contributed by atoms with Gasteiger partial charge in [0, 0.05) is 25.7 Å². The molecule has 1 N–H and O–H groups in total. The number of ether oxygens (including phenoxy) is 2. The van der Waals surface area contributed by atoms with Crippen molar-refractivity contribution in [3.8, 4) is 11.5 Å². The SMILES string of the molecule is F[C@H]1C[N]CCC1NCc1ccc2c(c1)OCCO2. The van der Waals surface area contributed by atoms with Crippen LogP contribution in [0.25, 0.3) is 0 Å². The minimum Gasteiger partial charge on any atom is -0.486 e. The molecule has 0 spiro atoms. The summed E-state index contributed by atoms with van der Waals surface area (Å²) in [5.41, 5.74) is 1.08. The van der Waals surface area contributed by atoms with E-state index in [1.165, 1.54) is 0 Å². The van der Waals surface area contributed by atoms with Gasteiger partial charge in [-0.3, -0.25) is 0 Å². The molecular weight excluding hydrogens is 247 g/mol. The molecule has 0 amide bonds. The van der Waals surface area contributed by atoms with Crippen molar-refractivity contribution < 1.29 is 13.9 Å². The fraction of sp³-hybridized carbons (Fsp3) is 0.571. The Bertz CT molecular complexity index is 441. The van der Waals surface area contributed by atoms with Gasteiger partial charge in [0.05, 0.1) is 0 Å². The number of halogens is 1. The normalized spacial score (nSPS) is 26.2. The largest absolute Gasteiger partial charge is 0.486 e. The summed E-state index contributed by atoms with van der Waals surface area (Å²) in [5, 5.41) is 7.33. The Balaban J connectivity index is 1.60. The Hall–Kier alpha value is -1.33. The fourth-order valence-corrected chi connectivity index (χ4v) is 2.43. The highest BCUT2D eigenvalue weighted by atomic mass is 19.1. The molecule has 0 saturated carbocycles. The molecule has 2 atom stereocenters. The number of hydrogen-bond acceptors (Lipinski definition) is 3. The number of rotatable bonds is 3. The predicted molar refractivity (Wildman–Crippen MR) is 69.4 cm³/mol. The maximum Gasteiger partial charge on any atom is 0.161 e. The second-order valence-electron chi connectivity index (χ2n) is 4.90. The molecule has 1 fully saturated rings. The van der Waals surface area contributed by atoms with Crippen LogP contribution in [0.2, 0.25) is 0 Å². The van der Waals surface area contributed by atoms with Gasteiger partial charge in [0.2, 0.25) is 0 Å². The van der Waals surface area contributed by atoms with Gasteiger partial charge in [0.25, 0.3) is 0 Å². The molecule has 2 aliphatic heterocycles. The van der Waals surface area contributed by atoms with Gasteiger partial charge >= 0.3 is 0 Å². The smallest absolute Gasteiger partial charge is 0.161 e. The molecule has 4 nitrogen and oxygen atoms in total. The van der Waals surface area contributed by atoms with Crippen molar-refractivity contribution in [2.24, 2.45) is 0 Å². The maximum atomic E-state index is 13.6. The predicted octanol–water partition coefficient (Wildman–Crippen LogP) is 1.26. The highest BCUT2D eigenvalue weighted by Gasteiger charge is 2.24. The quantitative estimate of drug-likeness (QED) is 0.895. The van der Waals surface area contributed by atoms with Crippen molar-refractivity contribution in [1.29, 1.82) is 0 Å². The average molecular weight is 265 g/mol. The minimum absolute atomic E-state index is 0.0919. The summed E-state index contributed by atoms with van der Waals surface area (Å²) in [6.07, 6.45) is -0.0999. The molecule has 3 rings (SSSR count). The standard InChI is InChI=1S/C14H18FN2O2/c15-11-9-16-4-3-12(11)17-8-10-1-2-13-14(7-10)19-6-5-18-13/h1-2,7,11-12,17H,3-6,8-9H2/t11-,12?/m0/s1. The molecular formula is C14H18FN2O2. The van der Waals surface area contributed by atoms with E-state index in [4.69, 9.17) is 9.47 Å². The summed E-state index contributed by atoms with van der Waals surface area (Å²) in [6, 6.07) is 5.77. The average Bonchev–Trinajstić information content (AvgIpc) is 2.46. The monoisotopic (exact) mass is 265 g/mol. The van der Waals surface area contributed by atoms with Crippen molar-refractivity contribution in [2.45, 2.75) is 25.2 Å². The van der Waals surface area contributed by atoms with Gasteiger partial charge in [-0.05, 0) is 24.1 Å². The number of nitrogens with zero attached hydrogens (tertiary/aromatic N) is 1. The lowest BCUT2D eigenvalue weighted by atomic mass is 10.0. The van der Waals surface area contributed by atoms with E-state index in [1.54, 1.807) is 0 Å². The lowest BCUT2D eigenvalue weighted by Crippen LogP contribution is -2.46. The van der Waals surface area contributed by atoms with E-state index in [-0.39, 0.29) is 6.04 Å². The summed E-state index contributed by atoms with van der Waals surface area (Å²) in [5.74, 6) is 1.57. The first-order valence-corrected chi connectivity index (χ1v) is 6.72. The molecule has 1 saturated heterocycles. The van der Waals surface area contributed by atoms with Crippen molar-refractivity contribution in [3.05, 3.63) is 23.8 Å². The number of fused-ring (bicyclic) bond motifs is 1. The zero-order chi connectivity index (χ0) is 13.1. The first kappa shape index (κ1) is 12.7. The van der Waals surface area contributed by atoms with Gasteiger partial charge in [0.15, 0.2) is 11.5 Å². The van der Waals surface area contributed by atoms with Gasteiger partial charge in [-0.25, -0.2) is 9.71 Å². The Labute approximate surface area is 112 Å². The molecule has 2 aliphatic rings. The topological polar surface area (TPSA) is 44.6 Å². The Morgan fingerprint density at radius 2 is 2.11 bits per heavy atom. The first-order chi connectivity index (χ1) is 9.33. The Kier molecular flexibility index (Phi) is 3.84. The van der Waals surface area contributed by atoms with Crippen LogP contribution in [0.3, 0.4) is 0 Å².